The molecule has 0 aromatic heterocycles. The maximum Gasteiger partial charge on any atom is 0.0703 e. The maximum absolute atomic E-state index is 5.71. The second-order valence-corrected chi connectivity index (χ2v) is 5.75. The van der Waals surface area contributed by atoms with Crippen LogP contribution in [-0.4, -0.2) is 48.3 Å². The number of nitrogens with one attached hydrogen (secondary N) is 1. The summed E-state index contributed by atoms with van der Waals surface area (Å²) in [6.45, 7) is 12.4. The molecule has 94 valence electrons. The summed E-state index contributed by atoms with van der Waals surface area (Å²) >= 11 is 0. The van der Waals surface area contributed by atoms with Gasteiger partial charge in [0.05, 0.1) is 6.10 Å². The molecule has 2 fully saturated rings. The number of piperazine rings is 1. The van der Waals surface area contributed by atoms with E-state index in [9.17, 15) is 0 Å². The fraction of sp³-hybridized carbons (Fsp3) is 1.00. The van der Waals surface area contributed by atoms with E-state index >= 15 is 0 Å². The van der Waals surface area contributed by atoms with Gasteiger partial charge < -0.3 is 10.1 Å². The fourth-order valence-electron chi connectivity index (χ4n) is 2.96. The van der Waals surface area contributed by atoms with Gasteiger partial charge in [-0.1, -0.05) is 6.92 Å². The van der Waals surface area contributed by atoms with Crippen molar-refractivity contribution in [3.8, 4) is 0 Å². The first-order valence-electron chi connectivity index (χ1n) is 6.68. The lowest BCUT2D eigenvalue weighted by molar-refractivity contribution is 0.0167. The second-order valence-electron chi connectivity index (χ2n) is 5.75. The average molecular weight is 226 g/mol. The van der Waals surface area contributed by atoms with Gasteiger partial charge in [-0.25, -0.2) is 0 Å². The van der Waals surface area contributed by atoms with Crippen molar-refractivity contribution >= 4 is 0 Å². The van der Waals surface area contributed by atoms with Crippen LogP contribution in [0.1, 0.15) is 40.5 Å². The number of nitrogens with zero attached hydrogens (tertiary/aromatic N) is 1. The standard InChI is InChI=1S/C13H26N2O/c1-5-13(4)9-15(10(2)8-14-13)12-6-7-16-11(12)3/h10-12,14H,5-9H2,1-4H3. The van der Waals surface area contributed by atoms with Crippen molar-refractivity contribution < 1.29 is 4.74 Å². The van der Waals surface area contributed by atoms with Crippen LogP contribution in [0.3, 0.4) is 0 Å². The van der Waals surface area contributed by atoms with Gasteiger partial charge in [0.1, 0.15) is 0 Å². The van der Waals surface area contributed by atoms with Crippen LogP contribution in [0.5, 0.6) is 0 Å². The molecule has 16 heavy (non-hydrogen) atoms. The zero-order valence-electron chi connectivity index (χ0n) is 11.1. The van der Waals surface area contributed by atoms with Crippen LogP contribution >= 0.6 is 0 Å². The van der Waals surface area contributed by atoms with Gasteiger partial charge >= 0.3 is 0 Å². The number of ether oxygens (including phenoxy) is 1. The Kier molecular flexibility index (Phi) is 3.57. The van der Waals surface area contributed by atoms with E-state index in [0.717, 1.165) is 19.7 Å². The van der Waals surface area contributed by atoms with Gasteiger partial charge in [-0.15, -0.1) is 0 Å². The van der Waals surface area contributed by atoms with Crippen LogP contribution in [0.15, 0.2) is 0 Å². The molecule has 0 aromatic carbocycles. The molecule has 1 N–H and O–H groups in total. The zero-order chi connectivity index (χ0) is 11.8. The zero-order valence-corrected chi connectivity index (χ0v) is 11.1. The summed E-state index contributed by atoms with van der Waals surface area (Å²) in [6.07, 6.45) is 2.80. The summed E-state index contributed by atoms with van der Waals surface area (Å²) in [7, 11) is 0. The highest BCUT2D eigenvalue weighted by molar-refractivity contribution is 4.97. The quantitative estimate of drug-likeness (QED) is 0.774. The van der Waals surface area contributed by atoms with Gasteiger partial charge in [0.25, 0.3) is 0 Å². The van der Waals surface area contributed by atoms with E-state index in [0.29, 0.717) is 18.2 Å². The van der Waals surface area contributed by atoms with E-state index in [1.807, 2.05) is 0 Å². The normalized spacial score (nSPS) is 46.1. The smallest absolute Gasteiger partial charge is 0.0703 e. The van der Waals surface area contributed by atoms with E-state index in [-0.39, 0.29) is 5.54 Å². The van der Waals surface area contributed by atoms with E-state index in [1.54, 1.807) is 0 Å². The van der Waals surface area contributed by atoms with Crippen LogP contribution in [0.2, 0.25) is 0 Å². The summed E-state index contributed by atoms with van der Waals surface area (Å²) in [6, 6.07) is 1.26. The summed E-state index contributed by atoms with van der Waals surface area (Å²) in [5.74, 6) is 0. The lowest BCUT2D eigenvalue weighted by atomic mass is 9.91. The molecule has 0 bridgehead atoms. The molecule has 4 unspecified atom stereocenters. The molecule has 0 amide bonds. The van der Waals surface area contributed by atoms with Crippen molar-refractivity contribution in [3.05, 3.63) is 0 Å². The molecule has 2 saturated heterocycles. The Labute approximate surface area is 99.5 Å². The molecule has 0 radical (unpaired) electrons. The first-order chi connectivity index (χ1) is 7.56. The van der Waals surface area contributed by atoms with E-state index in [4.69, 9.17) is 4.74 Å². The Balaban J connectivity index is 2.06. The highest BCUT2D eigenvalue weighted by Crippen LogP contribution is 2.27. The second kappa shape index (κ2) is 4.63. The molecular weight excluding hydrogens is 200 g/mol. The van der Waals surface area contributed by atoms with Gasteiger partial charge in [0, 0.05) is 37.3 Å². The molecule has 2 heterocycles. The Bertz CT molecular complexity index is 246. The van der Waals surface area contributed by atoms with E-state index in [2.05, 4.69) is 37.9 Å². The third kappa shape index (κ3) is 2.27. The molecule has 3 heteroatoms. The lowest BCUT2D eigenvalue weighted by Gasteiger charge is -2.48. The largest absolute Gasteiger partial charge is 0.377 e. The summed E-state index contributed by atoms with van der Waals surface area (Å²) in [5, 5.41) is 3.68. The van der Waals surface area contributed by atoms with Gasteiger partial charge in [-0.05, 0) is 33.6 Å². The molecule has 2 rings (SSSR count). The van der Waals surface area contributed by atoms with Crippen molar-refractivity contribution in [1.82, 2.24) is 10.2 Å². The predicted octanol–water partition coefficient (Wildman–Crippen LogP) is 1.63. The topological polar surface area (TPSA) is 24.5 Å². The van der Waals surface area contributed by atoms with Crippen LogP contribution in [0.25, 0.3) is 0 Å². The average Bonchev–Trinajstić information content (AvgIpc) is 2.69. The maximum atomic E-state index is 5.71. The van der Waals surface area contributed by atoms with Crippen LogP contribution < -0.4 is 5.32 Å². The Morgan fingerprint density at radius 1 is 1.44 bits per heavy atom. The molecule has 2 aliphatic heterocycles. The van der Waals surface area contributed by atoms with Crippen molar-refractivity contribution in [2.75, 3.05) is 19.7 Å². The Morgan fingerprint density at radius 3 is 2.75 bits per heavy atom. The minimum absolute atomic E-state index is 0.287. The third-order valence-corrected chi connectivity index (χ3v) is 4.46. The summed E-state index contributed by atoms with van der Waals surface area (Å²) in [5.41, 5.74) is 0.287. The molecule has 0 aromatic rings. The molecule has 0 aliphatic carbocycles. The first kappa shape index (κ1) is 12.3. The van der Waals surface area contributed by atoms with Gasteiger partial charge in [0.2, 0.25) is 0 Å². The number of rotatable bonds is 2. The van der Waals surface area contributed by atoms with Gasteiger partial charge in [0.15, 0.2) is 0 Å². The van der Waals surface area contributed by atoms with Crippen LogP contribution in [0.4, 0.5) is 0 Å². The predicted molar refractivity (Wildman–Crippen MR) is 66.7 cm³/mol. The molecule has 3 nitrogen and oxygen atoms in total. The van der Waals surface area contributed by atoms with Crippen molar-refractivity contribution in [2.24, 2.45) is 0 Å². The van der Waals surface area contributed by atoms with Crippen molar-refractivity contribution in [3.63, 3.8) is 0 Å². The Hall–Kier alpha value is -0.120. The number of hydrogen-bond acceptors (Lipinski definition) is 3. The van der Waals surface area contributed by atoms with Gasteiger partial charge in [-0.3, -0.25) is 4.90 Å². The summed E-state index contributed by atoms with van der Waals surface area (Å²) < 4.78 is 5.71. The van der Waals surface area contributed by atoms with Crippen LogP contribution in [-0.2, 0) is 4.74 Å². The molecular formula is C13H26N2O. The molecule has 0 spiro atoms. The fourth-order valence-corrected chi connectivity index (χ4v) is 2.96. The molecule has 2 aliphatic rings. The molecule has 4 atom stereocenters. The van der Waals surface area contributed by atoms with Crippen molar-refractivity contribution in [1.29, 1.82) is 0 Å². The molecule has 0 saturated carbocycles. The highest BCUT2D eigenvalue weighted by atomic mass is 16.5. The first-order valence-corrected chi connectivity index (χ1v) is 6.68. The monoisotopic (exact) mass is 226 g/mol. The minimum atomic E-state index is 0.287. The highest BCUT2D eigenvalue weighted by Gasteiger charge is 2.39. The SMILES string of the molecule is CCC1(C)CN(C2CCOC2C)C(C)CN1. The van der Waals surface area contributed by atoms with Crippen LogP contribution in [0, 0.1) is 0 Å². The van der Waals surface area contributed by atoms with E-state index in [1.165, 1.54) is 12.8 Å². The third-order valence-electron chi connectivity index (χ3n) is 4.46. The van der Waals surface area contributed by atoms with E-state index < -0.39 is 0 Å². The van der Waals surface area contributed by atoms with Crippen molar-refractivity contribution in [2.45, 2.75) is 64.3 Å². The summed E-state index contributed by atoms with van der Waals surface area (Å²) in [4.78, 5) is 2.66. The van der Waals surface area contributed by atoms with Gasteiger partial charge in [-0.2, -0.15) is 0 Å². The minimum Gasteiger partial charge on any atom is -0.377 e. The Morgan fingerprint density at radius 2 is 2.19 bits per heavy atom. The lowest BCUT2D eigenvalue weighted by Crippen LogP contribution is -2.64. The number of hydrogen-bond donors (Lipinski definition) is 1.